The van der Waals surface area contributed by atoms with Crippen molar-refractivity contribution in [3.05, 3.63) is 29.6 Å². The zero-order chi connectivity index (χ0) is 15.0. The predicted octanol–water partition coefficient (Wildman–Crippen LogP) is 2.37. The van der Waals surface area contributed by atoms with Crippen LogP contribution in [-0.2, 0) is 4.79 Å². The van der Waals surface area contributed by atoms with Gasteiger partial charge in [0, 0.05) is 18.5 Å². The molecule has 20 heavy (non-hydrogen) atoms. The second-order valence-electron chi connectivity index (χ2n) is 4.54. The highest BCUT2D eigenvalue weighted by molar-refractivity contribution is 5.93. The lowest BCUT2D eigenvalue weighted by molar-refractivity contribution is -0.137. The van der Waals surface area contributed by atoms with Gasteiger partial charge in [0.1, 0.15) is 5.82 Å². The van der Waals surface area contributed by atoms with E-state index in [4.69, 9.17) is 10.8 Å². The van der Waals surface area contributed by atoms with Gasteiger partial charge in [-0.2, -0.15) is 0 Å². The number of carboxylic acid groups (broad SMARTS) is 1. The Morgan fingerprint density at radius 2 is 1.90 bits per heavy atom. The third kappa shape index (κ3) is 5.69. The van der Waals surface area contributed by atoms with Gasteiger partial charge in [-0.3, -0.25) is 9.59 Å². The van der Waals surface area contributed by atoms with Crippen LogP contribution < -0.4 is 11.1 Å². The second kappa shape index (κ2) is 8.14. The molecule has 0 heterocycles. The Morgan fingerprint density at radius 3 is 2.50 bits per heavy atom. The van der Waals surface area contributed by atoms with E-state index in [1.807, 2.05) is 0 Å². The standard InChI is InChI=1S/C14H19FN2O3/c15-11-9-10(14(16)20)6-7-12(11)17-8-4-2-1-3-5-13(18)19/h6-7,9,17H,1-5,8H2,(H2,16,20)(H,18,19). The largest absolute Gasteiger partial charge is 0.481 e. The van der Waals surface area contributed by atoms with Crippen LogP contribution in [-0.4, -0.2) is 23.5 Å². The number of rotatable bonds is 9. The Bertz CT molecular complexity index is 477. The molecule has 4 N–H and O–H groups in total. The smallest absolute Gasteiger partial charge is 0.303 e. The highest BCUT2D eigenvalue weighted by Gasteiger charge is 2.06. The van der Waals surface area contributed by atoms with Crippen molar-refractivity contribution in [2.24, 2.45) is 5.73 Å². The van der Waals surface area contributed by atoms with Crippen LogP contribution in [0.2, 0.25) is 0 Å². The topological polar surface area (TPSA) is 92.4 Å². The van der Waals surface area contributed by atoms with Crippen molar-refractivity contribution in [1.29, 1.82) is 0 Å². The van der Waals surface area contributed by atoms with Gasteiger partial charge >= 0.3 is 5.97 Å². The summed E-state index contributed by atoms with van der Waals surface area (Å²) in [5, 5.41) is 11.4. The first kappa shape index (κ1) is 15.9. The SMILES string of the molecule is NC(=O)c1ccc(NCCCCCCC(=O)O)c(F)c1. The van der Waals surface area contributed by atoms with Gasteiger partial charge in [-0.1, -0.05) is 12.8 Å². The van der Waals surface area contributed by atoms with E-state index in [0.717, 1.165) is 25.3 Å². The number of unbranched alkanes of at least 4 members (excludes halogenated alkanes) is 3. The number of hydrogen-bond acceptors (Lipinski definition) is 3. The van der Waals surface area contributed by atoms with Gasteiger partial charge in [-0.05, 0) is 31.0 Å². The fourth-order valence-corrected chi connectivity index (χ4v) is 1.79. The minimum Gasteiger partial charge on any atom is -0.481 e. The maximum absolute atomic E-state index is 13.6. The van der Waals surface area contributed by atoms with Gasteiger partial charge in [0.25, 0.3) is 0 Å². The van der Waals surface area contributed by atoms with Crippen LogP contribution in [0.3, 0.4) is 0 Å². The van der Waals surface area contributed by atoms with Gasteiger partial charge in [0.15, 0.2) is 0 Å². The van der Waals surface area contributed by atoms with Gasteiger partial charge in [0.05, 0.1) is 5.69 Å². The molecule has 0 saturated carbocycles. The van der Waals surface area contributed by atoms with Gasteiger partial charge < -0.3 is 16.2 Å². The highest BCUT2D eigenvalue weighted by atomic mass is 19.1. The summed E-state index contributed by atoms with van der Waals surface area (Å²) in [6.45, 7) is 0.597. The summed E-state index contributed by atoms with van der Waals surface area (Å²) in [5.74, 6) is -1.94. The molecule has 1 aromatic carbocycles. The molecule has 6 heteroatoms. The Labute approximate surface area is 117 Å². The Morgan fingerprint density at radius 1 is 1.20 bits per heavy atom. The summed E-state index contributed by atoms with van der Waals surface area (Å²) in [6, 6.07) is 4.07. The third-order valence-corrected chi connectivity index (χ3v) is 2.89. The van der Waals surface area contributed by atoms with Crippen LogP contribution in [0.5, 0.6) is 0 Å². The number of anilines is 1. The molecule has 0 fully saturated rings. The average molecular weight is 282 g/mol. The number of hydrogen-bond donors (Lipinski definition) is 3. The third-order valence-electron chi connectivity index (χ3n) is 2.89. The molecule has 0 aromatic heterocycles. The molecule has 110 valence electrons. The van der Waals surface area contributed by atoms with Gasteiger partial charge in [0.2, 0.25) is 5.91 Å². The molecule has 5 nitrogen and oxygen atoms in total. The van der Waals surface area contributed by atoms with Crippen molar-refractivity contribution in [2.45, 2.75) is 32.1 Å². The summed E-state index contributed by atoms with van der Waals surface area (Å²) in [7, 11) is 0. The van der Waals surface area contributed by atoms with E-state index in [0.29, 0.717) is 18.7 Å². The number of halogens is 1. The summed E-state index contributed by atoms with van der Waals surface area (Å²) >= 11 is 0. The zero-order valence-corrected chi connectivity index (χ0v) is 11.2. The monoisotopic (exact) mass is 282 g/mol. The lowest BCUT2D eigenvalue weighted by Gasteiger charge is -2.08. The van der Waals surface area contributed by atoms with E-state index >= 15 is 0 Å². The number of aliphatic carboxylic acids is 1. The molecular weight excluding hydrogens is 263 g/mol. The molecule has 0 atom stereocenters. The van der Waals surface area contributed by atoms with Crippen molar-refractivity contribution >= 4 is 17.6 Å². The van der Waals surface area contributed by atoms with E-state index in [1.54, 1.807) is 0 Å². The van der Waals surface area contributed by atoms with Crippen LogP contribution in [0.25, 0.3) is 0 Å². The Hall–Kier alpha value is -2.11. The first-order valence-electron chi connectivity index (χ1n) is 6.55. The van der Waals surface area contributed by atoms with Crippen LogP contribution in [0.15, 0.2) is 18.2 Å². The number of nitrogens with two attached hydrogens (primary N) is 1. The molecule has 0 radical (unpaired) electrons. The molecule has 0 aliphatic rings. The molecule has 0 spiro atoms. The number of carbonyl (C=O) groups is 2. The van der Waals surface area contributed by atoms with Crippen molar-refractivity contribution in [2.75, 3.05) is 11.9 Å². The number of carbonyl (C=O) groups excluding carboxylic acids is 1. The maximum Gasteiger partial charge on any atom is 0.303 e. The molecule has 0 saturated heterocycles. The summed E-state index contributed by atoms with van der Waals surface area (Å²) in [4.78, 5) is 21.2. The maximum atomic E-state index is 13.6. The summed E-state index contributed by atoms with van der Waals surface area (Å²) in [6.07, 6.45) is 3.42. The molecule has 1 amide bonds. The van der Waals surface area contributed by atoms with E-state index in [9.17, 15) is 14.0 Å². The molecule has 1 rings (SSSR count). The quantitative estimate of drug-likeness (QED) is 0.606. The van der Waals surface area contributed by atoms with E-state index in [1.165, 1.54) is 12.1 Å². The van der Waals surface area contributed by atoms with Crippen molar-refractivity contribution in [3.63, 3.8) is 0 Å². The summed E-state index contributed by atoms with van der Waals surface area (Å²) < 4.78 is 13.6. The van der Waals surface area contributed by atoms with Crippen molar-refractivity contribution < 1.29 is 19.1 Å². The van der Waals surface area contributed by atoms with Gasteiger partial charge in [-0.25, -0.2) is 4.39 Å². The van der Waals surface area contributed by atoms with Crippen LogP contribution in [0.1, 0.15) is 42.5 Å². The summed E-state index contributed by atoms with van der Waals surface area (Å²) in [5.41, 5.74) is 5.53. The second-order valence-corrected chi connectivity index (χ2v) is 4.54. The number of benzene rings is 1. The first-order valence-corrected chi connectivity index (χ1v) is 6.55. The first-order chi connectivity index (χ1) is 9.50. The Kier molecular flexibility index (Phi) is 6.49. The predicted molar refractivity (Wildman–Crippen MR) is 74.1 cm³/mol. The lowest BCUT2D eigenvalue weighted by Crippen LogP contribution is -2.12. The number of primary amides is 1. The minimum absolute atomic E-state index is 0.140. The normalized spacial score (nSPS) is 10.2. The molecule has 0 unspecified atom stereocenters. The minimum atomic E-state index is -0.778. The average Bonchev–Trinajstić information content (AvgIpc) is 2.38. The van der Waals surface area contributed by atoms with E-state index in [2.05, 4.69) is 5.32 Å². The number of amides is 1. The molecule has 0 bridgehead atoms. The van der Waals surface area contributed by atoms with Crippen LogP contribution in [0, 0.1) is 5.82 Å². The highest BCUT2D eigenvalue weighted by Crippen LogP contribution is 2.15. The van der Waals surface area contributed by atoms with Crippen LogP contribution in [0.4, 0.5) is 10.1 Å². The van der Waals surface area contributed by atoms with E-state index in [-0.39, 0.29) is 12.0 Å². The van der Waals surface area contributed by atoms with Crippen molar-refractivity contribution in [3.8, 4) is 0 Å². The number of carboxylic acids is 1. The number of nitrogens with one attached hydrogen (secondary N) is 1. The molecule has 1 aromatic rings. The molecular formula is C14H19FN2O3. The fourth-order valence-electron chi connectivity index (χ4n) is 1.79. The van der Waals surface area contributed by atoms with E-state index < -0.39 is 17.7 Å². The van der Waals surface area contributed by atoms with Gasteiger partial charge in [-0.15, -0.1) is 0 Å². The molecule has 0 aliphatic heterocycles. The molecule has 0 aliphatic carbocycles. The van der Waals surface area contributed by atoms with Crippen molar-refractivity contribution in [1.82, 2.24) is 0 Å². The Balaban J connectivity index is 2.25. The zero-order valence-electron chi connectivity index (χ0n) is 11.2. The fraction of sp³-hybridized carbons (Fsp3) is 0.429. The lowest BCUT2D eigenvalue weighted by atomic mass is 10.1. The van der Waals surface area contributed by atoms with Crippen LogP contribution >= 0.6 is 0 Å².